The van der Waals surface area contributed by atoms with Gasteiger partial charge in [0.25, 0.3) is 5.69 Å². The van der Waals surface area contributed by atoms with E-state index >= 15 is 0 Å². The van der Waals surface area contributed by atoms with E-state index in [1.54, 1.807) is 0 Å². The molecule has 0 saturated heterocycles. The van der Waals surface area contributed by atoms with Gasteiger partial charge in [-0.1, -0.05) is 12.1 Å². The van der Waals surface area contributed by atoms with E-state index in [4.69, 9.17) is 0 Å². The molecule has 1 aromatic rings. The Bertz CT molecular complexity index is 547. The summed E-state index contributed by atoms with van der Waals surface area (Å²) >= 11 is 3.98. The van der Waals surface area contributed by atoms with Crippen molar-refractivity contribution in [3.63, 3.8) is 0 Å². The van der Waals surface area contributed by atoms with Gasteiger partial charge in [-0.3, -0.25) is 19.7 Å². The molecular weight excluding hydrogens is 298 g/mol. The molecular formula is C13H15NO6S. The molecule has 2 unspecified atom stereocenters. The first-order chi connectivity index (χ1) is 9.88. The number of hydrogen-bond donors (Lipinski definition) is 3. The van der Waals surface area contributed by atoms with E-state index in [0.717, 1.165) is 6.07 Å². The lowest BCUT2D eigenvalue weighted by atomic mass is 9.83. The number of nitro benzene ring substituents is 1. The molecule has 0 bridgehead atoms. The molecule has 0 aliphatic rings. The minimum Gasteiger partial charge on any atom is -0.481 e. The fraction of sp³-hybridized carbons (Fsp3) is 0.385. The Morgan fingerprint density at radius 1 is 1.29 bits per heavy atom. The summed E-state index contributed by atoms with van der Waals surface area (Å²) in [6.07, 6.45) is 0.581. The first-order valence-corrected chi connectivity index (χ1v) is 6.82. The van der Waals surface area contributed by atoms with E-state index in [0.29, 0.717) is 12.2 Å². The second-order valence-electron chi connectivity index (χ2n) is 4.48. The van der Waals surface area contributed by atoms with E-state index in [2.05, 4.69) is 12.6 Å². The van der Waals surface area contributed by atoms with Gasteiger partial charge in [-0.25, -0.2) is 0 Å². The molecule has 2 N–H and O–H groups in total. The average molecular weight is 313 g/mol. The highest BCUT2D eigenvalue weighted by Gasteiger charge is 2.35. The van der Waals surface area contributed by atoms with Crippen molar-refractivity contribution in [3.05, 3.63) is 39.9 Å². The lowest BCUT2D eigenvalue weighted by molar-refractivity contribution is -0.384. The molecule has 114 valence electrons. The molecule has 0 spiro atoms. The molecule has 1 aromatic carbocycles. The highest BCUT2D eigenvalue weighted by atomic mass is 32.1. The Morgan fingerprint density at radius 3 is 2.43 bits per heavy atom. The van der Waals surface area contributed by atoms with E-state index in [1.807, 2.05) is 0 Å². The lowest BCUT2D eigenvalue weighted by Crippen LogP contribution is -2.28. The van der Waals surface area contributed by atoms with Crippen LogP contribution >= 0.6 is 12.6 Å². The molecule has 7 nitrogen and oxygen atoms in total. The van der Waals surface area contributed by atoms with Crippen LogP contribution in [0.15, 0.2) is 24.3 Å². The number of carboxylic acids is 2. The molecule has 0 amide bonds. The predicted molar refractivity (Wildman–Crippen MR) is 77.7 cm³/mol. The maximum atomic E-state index is 11.4. The van der Waals surface area contributed by atoms with Gasteiger partial charge in [0.2, 0.25) is 0 Å². The SMILES string of the molecule is O=C(O)C(CCCS)C(C(=O)O)c1cccc([N+](=O)[O-])c1. The van der Waals surface area contributed by atoms with E-state index in [9.17, 15) is 29.9 Å². The molecule has 0 saturated carbocycles. The number of rotatable bonds is 8. The van der Waals surface area contributed by atoms with Crippen molar-refractivity contribution in [2.24, 2.45) is 5.92 Å². The van der Waals surface area contributed by atoms with E-state index in [1.165, 1.54) is 18.2 Å². The quantitative estimate of drug-likeness (QED) is 0.384. The van der Waals surface area contributed by atoms with Crippen LogP contribution in [0, 0.1) is 16.0 Å². The first kappa shape index (κ1) is 17.0. The standard InChI is InChI=1S/C13H15NO6S/c15-12(16)10(5-2-6-21)11(13(17)18)8-3-1-4-9(7-8)14(19)20/h1,3-4,7,10-11,21H,2,5-6H2,(H,15,16)(H,17,18). The topological polar surface area (TPSA) is 118 Å². The van der Waals surface area contributed by atoms with Crippen molar-refractivity contribution in [2.45, 2.75) is 18.8 Å². The maximum Gasteiger partial charge on any atom is 0.311 e. The minimum atomic E-state index is -1.33. The monoisotopic (exact) mass is 313 g/mol. The molecule has 0 heterocycles. The van der Waals surface area contributed by atoms with Gasteiger partial charge in [0, 0.05) is 12.1 Å². The summed E-state index contributed by atoms with van der Waals surface area (Å²) in [4.78, 5) is 32.9. The number of nitrogens with zero attached hydrogens (tertiary/aromatic N) is 1. The third-order valence-electron chi connectivity index (χ3n) is 3.10. The minimum absolute atomic E-state index is 0.114. The summed E-state index contributed by atoms with van der Waals surface area (Å²) in [5, 5.41) is 29.3. The van der Waals surface area contributed by atoms with Crippen molar-refractivity contribution < 1.29 is 24.7 Å². The van der Waals surface area contributed by atoms with Gasteiger partial charge in [-0.2, -0.15) is 12.6 Å². The average Bonchev–Trinajstić information content (AvgIpc) is 2.42. The smallest absolute Gasteiger partial charge is 0.311 e. The zero-order valence-corrected chi connectivity index (χ0v) is 11.9. The van der Waals surface area contributed by atoms with E-state index in [-0.39, 0.29) is 17.7 Å². The first-order valence-electron chi connectivity index (χ1n) is 6.19. The summed E-state index contributed by atoms with van der Waals surface area (Å²) in [5.41, 5.74) is -0.152. The largest absolute Gasteiger partial charge is 0.481 e. The summed E-state index contributed by atoms with van der Waals surface area (Å²) in [6.45, 7) is 0. The molecule has 8 heteroatoms. The number of thiol groups is 1. The van der Waals surface area contributed by atoms with Gasteiger partial charge in [0.05, 0.1) is 16.8 Å². The van der Waals surface area contributed by atoms with Crippen LogP contribution in [0.3, 0.4) is 0 Å². The second-order valence-corrected chi connectivity index (χ2v) is 4.93. The third-order valence-corrected chi connectivity index (χ3v) is 3.42. The number of carbonyl (C=O) groups is 2. The number of benzene rings is 1. The number of carboxylic acid groups (broad SMARTS) is 2. The van der Waals surface area contributed by atoms with Crippen molar-refractivity contribution in [1.82, 2.24) is 0 Å². The lowest BCUT2D eigenvalue weighted by Gasteiger charge is -2.20. The molecule has 0 radical (unpaired) electrons. The van der Waals surface area contributed by atoms with Crippen LogP contribution in [0.5, 0.6) is 0 Å². The zero-order chi connectivity index (χ0) is 16.0. The fourth-order valence-corrected chi connectivity index (χ4v) is 2.31. The van der Waals surface area contributed by atoms with Crippen LogP contribution in [-0.2, 0) is 9.59 Å². The Balaban J connectivity index is 3.21. The number of nitro groups is 1. The van der Waals surface area contributed by atoms with E-state index < -0.39 is 28.7 Å². The molecule has 21 heavy (non-hydrogen) atoms. The summed E-state index contributed by atoms with van der Waals surface area (Å²) in [5.74, 6) is -4.61. The molecule has 0 aromatic heterocycles. The zero-order valence-electron chi connectivity index (χ0n) is 11.0. The van der Waals surface area contributed by atoms with Crippen molar-refractivity contribution >= 4 is 30.3 Å². The van der Waals surface area contributed by atoms with Crippen LogP contribution in [-0.4, -0.2) is 32.8 Å². The summed E-state index contributed by atoms with van der Waals surface area (Å²) in [6, 6.07) is 5.07. The molecule has 1 rings (SSSR count). The molecule has 2 atom stereocenters. The molecule has 0 fully saturated rings. The van der Waals surface area contributed by atoms with Crippen LogP contribution < -0.4 is 0 Å². The van der Waals surface area contributed by atoms with Gasteiger partial charge in [-0.15, -0.1) is 0 Å². The Kier molecular flexibility index (Phi) is 6.16. The predicted octanol–water partition coefficient (Wildman–Crippen LogP) is 2.17. The number of non-ortho nitro benzene ring substituents is 1. The number of aliphatic carboxylic acids is 2. The fourth-order valence-electron chi connectivity index (χ4n) is 2.12. The Labute approximate surface area is 126 Å². The summed E-state index contributed by atoms with van der Waals surface area (Å²) < 4.78 is 0. The highest BCUT2D eigenvalue weighted by molar-refractivity contribution is 7.80. The van der Waals surface area contributed by atoms with Crippen molar-refractivity contribution in [3.8, 4) is 0 Å². The molecule has 0 aliphatic carbocycles. The van der Waals surface area contributed by atoms with Crippen molar-refractivity contribution in [2.75, 3.05) is 5.75 Å². The van der Waals surface area contributed by atoms with Crippen LogP contribution in [0.1, 0.15) is 24.3 Å². The van der Waals surface area contributed by atoms with Gasteiger partial charge in [0.15, 0.2) is 0 Å². The molecule has 0 aliphatic heterocycles. The normalized spacial score (nSPS) is 13.4. The Hall–Kier alpha value is -2.09. The van der Waals surface area contributed by atoms with Crippen LogP contribution in [0.2, 0.25) is 0 Å². The van der Waals surface area contributed by atoms with Crippen molar-refractivity contribution in [1.29, 1.82) is 0 Å². The third kappa shape index (κ3) is 4.45. The van der Waals surface area contributed by atoms with Gasteiger partial charge in [0.1, 0.15) is 0 Å². The maximum absolute atomic E-state index is 11.4. The highest BCUT2D eigenvalue weighted by Crippen LogP contribution is 2.31. The van der Waals surface area contributed by atoms with Crippen LogP contribution in [0.25, 0.3) is 0 Å². The number of hydrogen-bond acceptors (Lipinski definition) is 5. The summed E-state index contributed by atoms with van der Waals surface area (Å²) in [7, 11) is 0. The van der Waals surface area contributed by atoms with Gasteiger partial charge >= 0.3 is 11.9 Å². The Morgan fingerprint density at radius 2 is 1.95 bits per heavy atom. The van der Waals surface area contributed by atoms with Gasteiger partial charge in [-0.05, 0) is 24.2 Å². The van der Waals surface area contributed by atoms with Crippen LogP contribution in [0.4, 0.5) is 5.69 Å². The van der Waals surface area contributed by atoms with Gasteiger partial charge < -0.3 is 10.2 Å². The second kappa shape index (κ2) is 7.63.